The SMILES string of the molecule is CC(C)(C)OC(=O)C(C=N)Cc1ccc(O)cc1. The maximum atomic E-state index is 11.8. The summed E-state index contributed by atoms with van der Waals surface area (Å²) in [7, 11) is 0. The number of phenols is 1. The molecule has 1 unspecified atom stereocenters. The summed E-state index contributed by atoms with van der Waals surface area (Å²) in [6, 6.07) is 6.59. The molecule has 1 aromatic carbocycles. The van der Waals surface area contributed by atoms with Crippen LogP contribution >= 0.6 is 0 Å². The highest BCUT2D eigenvalue weighted by molar-refractivity contribution is 5.89. The van der Waals surface area contributed by atoms with Crippen molar-refractivity contribution in [3.05, 3.63) is 29.8 Å². The van der Waals surface area contributed by atoms with Crippen LogP contribution in [0.1, 0.15) is 26.3 Å². The van der Waals surface area contributed by atoms with Crippen LogP contribution in [0.15, 0.2) is 24.3 Å². The first-order chi connectivity index (χ1) is 8.31. The van der Waals surface area contributed by atoms with Crippen LogP contribution in [0.3, 0.4) is 0 Å². The molecule has 0 aliphatic carbocycles. The number of rotatable bonds is 4. The minimum Gasteiger partial charge on any atom is -0.508 e. The van der Waals surface area contributed by atoms with Crippen LogP contribution in [0, 0.1) is 11.3 Å². The second-order valence-corrected chi connectivity index (χ2v) is 5.18. The standard InChI is InChI=1S/C14H19NO3/c1-14(2,3)18-13(17)11(9-15)8-10-4-6-12(16)7-5-10/h4-7,9,11,15-16H,8H2,1-3H3. The molecule has 1 rings (SSSR count). The van der Waals surface area contributed by atoms with Crippen molar-refractivity contribution in [2.75, 3.05) is 0 Å². The number of phenolic OH excluding ortho intramolecular Hbond substituents is 1. The van der Waals surface area contributed by atoms with E-state index in [-0.39, 0.29) is 5.75 Å². The zero-order chi connectivity index (χ0) is 13.8. The van der Waals surface area contributed by atoms with Gasteiger partial charge in [-0.2, -0.15) is 0 Å². The van der Waals surface area contributed by atoms with Gasteiger partial charge in [0.15, 0.2) is 0 Å². The lowest BCUT2D eigenvalue weighted by Gasteiger charge is -2.22. The molecule has 4 nitrogen and oxygen atoms in total. The van der Waals surface area contributed by atoms with E-state index in [0.29, 0.717) is 6.42 Å². The van der Waals surface area contributed by atoms with Crippen LogP contribution < -0.4 is 0 Å². The Morgan fingerprint density at radius 1 is 1.39 bits per heavy atom. The average Bonchev–Trinajstić information content (AvgIpc) is 2.25. The molecule has 0 spiro atoms. The van der Waals surface area contributed by atoms with Gasteiger partial charge in [0.05, 0.1) is 5.92 Å². The lowest BCUT2D eigenvalue weighted by Crippen LogP contribution is -2.30. The summed E-state index contributed by atoms with van der Waals surface area (Å²) < 4.78 is 5.25. The smallest absolute Gasteiger partial charge is 0.315 e. The van der Waals surface area contributed by atoms with Crippen molar-refractivity contribution in [1.29, 1.82) is 5.41 Å². The number of aromatic hydroxyl groups is 1. The van der Waals surface area contributed by atoms with Gasteiger partial charge in [-0.1, -0.05) is 12.1 Å². The Morgan fingerprint density at radius 3 is 2.39 bits per heavy atom. The number of ether oxygens (including phenoxy) is 1. The Labute approximate surface area is 107 Å². The summed E-state index contributed by atoms with van der Waals surface area (Å²) in [5, 5.41) is 16.5. The molecule has 0 aliphatic rings. The number of carbonyl (C=O) groups excluding carboxylic acids is 1. The number of benzene rings is 1. The molecule has 0 fully saturated rings. The second kappa shape index (κ2) is 5.67. The maximum absolute atomic E-state index is 11.8. The van der Waals surface area contributed by atoms with E-state index in [2.05, 4.69) is 0 Å². The van der Waals surface area contributed by atoms with Crippen molar-refractivity contribution < 1.29 is 14.6 Å². The summed E-state index contributed by atoms with van der Waals surface area (Å²) in [6.45, 7) is 5.39. The quantitative estimate of drug-likeness (QED) is 0.636. The summed E-state index contributed by atoms with van der Waals surface area (Å²) in [5.74, 6) is -0.804. The van der Waals surface area contributed by atoms with Gasteiger partial charge in [0.2, 0.25) is 0 Å². The van der Waals surface area contributed by atoms with Crippen molar-refractivity contribution in [3.8, 4) is 5.75 Å². The van der Waals surface area contributed by atoms with E-state index in [0.717, 1.165) is 11.8 Å². The molecule has 0 aliphatic heterocycles. The number of esters is 1. The molecule has 4 heteroatoms. The Hall–Kier alpha value is -1.84. The Morgan fingerprint density at radius 2 is 1.94 bits per heavy atom. The number of hydrogen-bond donors (Lipinski definition) is 2. The molecule has 0 aromatic heterocycles. The Kier molecular flexibility index (Phi) is 4.48. The summed E-state index contributed by atoms with van der Waals surface area (Å²) >= 11 is 0. The molecule has 0 bridgehead atoms. The number of carbonyl (C=O) groups is 1. The van der Waals surface area contributed by atoms with Crippen LogP contribution in [0.5, 0.6) is 5.75 Å². The van der Waals surface area contributed by atoms with Crippen LogP contribution in [0.25, 0.3) is 0 Å². The third-order valence-corrected chi connectivity index (χ3v) is 2.30. The summed E-state index contributed by atoms with van der Waals surface area (Å²) in [5.41, 5.74) is 0.333. The van der Waals surface area contributed by atoms with Gasteiger partial charge >= 0.3 is 5.97 Å². The first-order valence-corrected chi connectivity index (χ1v) is 5.83. The minimum atomic E-state index is -0.589. The van der Waals surface area contributed by atoms with E-state index >= 15 is 0 Å². The van der Waals surface area contributed by atoms with Crippen molar-refractivity contribution in [2.24, 2.45) is 5.92 Å². The van der Waals surface area contributed by atoms with E-state index in [1.165, 1.54) is 0 Å². The molecule has 1 atom stereocenters. The molecule has 98 valence electrons. The van der Waals surface area contributed by atoms with Gasteiger partial charge in [-0.05, 0) is 44.9 Å². The molecule has 1 aromatic rings. The van der Waals surface area contributed by atoms with Crippen LogP contribution in [-0.4, -0.2) is 22.9 Å². The Bertz CT molecular complexity index is 418. The van der Waals surface area contributed by atoms with E-state index < -0.39 is 17.5 Å². The van der Waals surface area contributed by atoms with Crippen LogP contribution in [-0.2, 0) is 16.0 Å². The van der Waals surface area contributed by atoms with Gasteiger partial charge in [-0.25, -0.2) is 0 Å². The normalized spacial score (nSPS) is 12.8. The number of hydrogen-bond acceptors (Lipinski definition) is 4. The van der Waals surface area contributed by atoms with Gasteiger partial charge < -0.3 is 15.3 Å². The molecule has 0 saturated heterocycles. The number of nitrogens with one attached hydrogen (secondary N) is 1. The lowest BCUT2D eigenvalue weighted by atomic mass is 10.00. The highest BCUT2D eigenvalue weighted by Crippen LogP contribution is 2.16. The summed E-state index contributed by atoms with van der Waals surface area (Å²) in [4.78, 5) is 11.8. The second-order valence-electron chi connectivity index (χ2n) is 5.18. The first-order valence-electron chi connectivity index (χ1n) is 5.83. The molecule has 0 saturated carbocycles. The van der Waals surface area contributed by atoms with Crippen molar-refractivity contribution in [3.63, 3.8) is 0 Å². The van der Waals surface area contributed by atoms with E-state index in [4.69, 9.17) is 10.1 Å². The minimum absolute atomic E-state index is 0.183. The molecule has 2 N–H and O–H groups in total. The lowest BCUT2D eigenvalue weighted by molar-refractivity contribution is -0.157. The molecule has 0 heterocycles. The van der Waals surface area contributed by atoms with Crippen molar-refractivity contribution >= 4 is 12.2 Å². The predicted octanol–water partition coefficient (Wildman–Crippen LogP) is 2.54. The van der Waals surface area contributed by atoms with Crippen molar-refractivity contribution in [2.45, 2.75) is 32.8 Å². The zero-order valence-corrected chi connectivity index (χ0v) is 10.9. The fourth-order valence-corrected chi connectivity index (χ4v) is 1.47. The van der Waals surface area contributed by atoms with E-state index in [1.807, 2.05) is 0 Å². The van der Waals surface area contributed by atoms with Gasteiger partial charge in [0.1, 0.15) is 11.4 Å². The molecule has 0 radical (unpaired) electrons. The van der Waals surface area contributed by atoms with Crippen LogP contribution in [0.4, 0.5) is 0 Å². The van der Waals surface area contributed by atoms with Gasteiger partial charge in [-0.3, -0.25) is 4.79 Å². The summed E-state index contributed by atoms with van der Waals surface area (Å²) in [6.07, 6.45) is 1.50. The first kappa shape index (κ1) is 14.2. The molecule has 0 amide bonds. The maximum Gasteiger partial charge on any atom is 0.315 e. The molecular formula is C14H19NO3. The van der Waals surface area contributed by atoms with Crippen molar-refractivity contribution in [1.82, 2.24) is 0 Å². The monoisotopic (exact) mass is 249 g/mol. The largest absolute Gasteiger partial charge is 0.508 e. The third-order valence-electron chi connectivity index (χ3n) is 2.30. The topological polar surface area (TPSA) is 70.4 Å². The fraction of sp³-hybridized carbons (Fsp3) is 0.429. The third kappa shape index (κ3) is 4.57. The zero-order valence-electron chi connectivity index (χ0n) is 10.9. The molecular weight excluding hydrogens is 230 g/mol. The highest BCUT2D eigenvalue weighted by Gasteiger charge is 2.23. The highest BCUT2D eigenvalue weighted by atomic mass is 16.6. The van der Waals surface area contributed by atoms with E-state index in [1.54, 1.807) is 45.0 Å². The average molecular weight is 249 g/mol. The molecule has 18 heavy (non-hydrogen) atoms. The van der Waals surface area contributed by atoms with Gasteiger partial charge in [0.25, 0.3) is 0 Å². The van der Waals surface area contributed by atoms with Gasteiger partial charge in [0, 0.05) is 6.21 Å². The van der Waals surface area contributed by atoms with Gasteiger partial charge in [-0.15, -0.1) is 0 Å². The Balaban J connectivity index is 2.70. The van der Waals surface area contributed by atoms with Crippen LogP contribution in [0.2, 0.25) is 0 Å². The predicted molar refractivity (Wildman–Crippen MR) is 69.9 cm³/mol. The van der Waals surface area contributed by atoms with E-state index in [9.17, 15) is 9.90 Å². The fourth-order valence-electron chi connectivity index (χ4n) is 1.47.